The van der Waals surface area contributed by atoms with Gasteiger partial charge < -0.3 is 10.1 Å². The summed E-state index contributed by atoms with van der Waals surface area (Å²) >= 11 is 0. The Labute approximate surface area is 92.8 Å². The maximum atomic E-state index is 5.44. The van der Waals surface area contributed by atoms with E-state index in [2.05, 4.69) is 5.32 Å². The smallest absolute Gasteiger partial charge is 0.0586 e. The van der Waals surface area contributed by atoms with Crippen LogP contribution in [0.25, 0.3) is 0 Å². The lowest BCUT2D eigenvalue weighted by Gasteiger charge is -2.22. The number of methoxy groups -OCH3 is 1. The Morgan fingerprint density at radius 2 is 1.67 bits per heavy atom. The second-order valence-corrected chi connectivity index (χ2v) is 5.73. The van der Waals surface area contributed by atoms with Crippen LogP contribution in [0.1, 0.15) is 44.9 Å². The van der Waals surface area contributed by atoms with E-state index in [0.29, 0.717) is 6.10 Å². The SMILES string of the molecule is COC1CCC(NC(C2CC2)C2CC2)C1. The fraction of sp³-hybridized carbons (Fsp3) is 1.00. The summed E-state index contributed by atoms with van der Waals surface area (Å²) in [6.45, 7) is 0. The van der Waals surface area contributed by atoms with Gasteiger partial charge in [-0.25, -0.2) is 0 Å². The minimum atomic E-state index is 0.529. The van der Waals surface area contributed by atoms with E-state index in [4.69, 9.17) is 4.74 Å². The molecular formula is C13H23NO. The lowest BCUT2D eigenvalue weighted by molar-refractivity contribution is 0.106. The van der Waals surface area contributed by atoms with Crippen molar-refractivity contribution in [2.24, 2.45) is 11.8 Å². The molecule has 0 aliphatic heterocycles. The molecule has 0 aromatic heterocycles. The first-order valence-electron chi connectivity index (χ1n) is 6.65. The summed E-state index contributed by atoms with van der Waals surface area (Å²) in [5.74, 6) is 2.05. The van der Waals surface area contributed by atoms with Crippen molar-refractivity contribution in [2.45, 2.75) is 63.1 Å². The molecule has 3 rings (SSSR count). The zero-order valence-electron chi connectivity index (χ0n) is 9.74. The molecule has 3 fully saturated rings. The van der Waals surface area contributed by atoms with E-state index in [0.717, 1.165) is 23.9 Å². The molecule has 3 aliphatic carbocycles. The topological polar surface area (TPSA) is 21.3 Å². The summed E-state index contributed by atoms with van der Waals surface area (Å²) in [4.78, 5) is 0. The molecule has 3 saturated carbocycles. The number of hydrogen-bond acceptors (Lipinski definition) is 2. The molecule has 0 bridgehead atoms. The molecule has 1 N–H and O–H groups in total. The Balaban J connectivity index is 1.50. The first-order valence-corrected chi connectivity index (χ1v) is 6.65. The van der Waals surface area contributed by atoms with Crippen molar-refractivity contribution >= 4 is 0 Å². The molecule has 0 radical (unpaired) electrons. The Hall–Kier alpha value is -0.0800. The molecule has 2 unspecified atom stereocenters. The molecular weight excluding hydrogens is 186 g/mol. The van der Waals surface area contributed by atoms with Gasteiger partial charge in [-0.15, -0.1) is 0 Å². The van der Waals surface area contributed by atoms with Crippen LogP contribution in [0.5, 0.6) is 0 Å². The lowest BCUT2D eigenvalue weighted by atomic mass is 10.1. The minimum absolute atomic E-state index is 0.529. The Kier molecular flexibility index (Phi) is 2.73. The van der Waals surface area contributed by atoms with Crippen molar-refractivity contribution in [1.82, 2.24) is 5.32 Å². The van der Waals surface area contributed by atoms with Crippen LogP contribution < -0.4 is 5.32 Å². The first kappa shape index (κ1) is 10.1. The number of ether oxygens (including phenoxy) is 1. The van der Waals surface area contributed by atoms with E-state index >= 15 is 0 Å². The highest BCUT2D eigenvalue weighted by atomic mass is 16.5. The van der Waals surface area contributed by atoms with Crippen LogP contribution in [-0.4, -0.2) is 25.3 Å². The fourth-order valence-corrected chi connectivity index (χ4v) is 3.15. The predicted octanol–water partition coefficient (Wildman–Crippen LogP) is 2.33. The van der Waals surface area contributed by atoms with Crippen molar-refractivity contribution in [3.63, 3.8) is 0 Å². The predicted molar refractivity (Wildman–Crippen MR) is 60.8 cm³/mol. The van der Waals surface area contributed by atoms with Crippen LogP contribution in [0.4, 0.5) is 0 Å². The van der Waals surface area contributed by atoms with Crippen LogP contribution in [-0.2, 0) is 4.74 Å². The van der Waals surface area contributed by atoms with Crippen molar-refractivity contribution in [3.05, 3.63) is 0 Å². The summed E-state index contributed by atoms with van der Waals surface area (Å²) in [6.07, 6.45) is 10.3. The molecule has 2 nitrogen and oxygen atoms in total. The molecule has 3 aliphatic rings. The zero-order chi connectivity index (χ0) is 10.3. The van der Waals surface area contributed by atoms with Gasteiger partial charge in [0.25, 0.3) is 0 Å². The van der Waals surface area contributed by atoms with Gasteiger partial charge >= 0.3 is 0 Å². The molecule has 2 heteroatoms. The Morgan fingerprint density at radius 3 is 2.13 bits per heavy atom. The summed E-state index contributed by atoms with van der Waals surface area (Å²) in [7, 11) is 1.85. The molecule has 0 amide bonds. The van der Waals surface area contributed by atoms with Crippen LogP contribution in [0.3, 0.4) is 0 Å². The monoisotopic (exact) mass is 209 g/mol. The van der Waals surface area contributed by atoms with E-state index in [1.165, 1.54) is 44.9 Å². The van der Waals surface area contributed by atoms with E-state index in [1.807, 2.05) is 7.11 Å². The van der Waals surface area contributed by atoms with Crippen LogP contribution in [0, 0.1) is 11.8 Å². The van der Waals surface area contributed by atoms with E-state index in [9.17, 15) is 0 Å². The largest absolute Gasteiger partial charge is 0.381 e. The molecule has 0 aromatic rings. The number of nitrogens with one attached hydrogen (secondary N) is 1. The molecule has 2 atom stereocenters. The average molecular weight is 209 g/mol. The number of hydrogen-bond donors (Lipinski definition) is 1. The third-order valence-corrected chi connectivity index (χ3v) is 4.41. The van der Waals surface area contributed by atoms with E-state index in [-0.39, 0.29) is 0 Å². The van der Waals surface area contributed by atoms with E-state index in [1.54, 1.807) is 0 Å². The van der Waals surface area contributed by atoms with Gasteiger partial charge in [-0.1, -0.05) is 0 Å². The van der Waals surface area contributed by atoms with E-state index < -0.39 is 0 Å². The summed E-state index contributed by atoms with van der Waals surface area (Å²) in [6, 6.07) is 1.62. The van der Waals surface area contributed by atoms with Gasteiger partial charge in [-0.05, 0) is 56.8 Å². The normalized spacial score (nSPS) is 36.4. The van der Waals surface area contributed by atoms with Gasteiger partial charge in [-0.3, -0.25) is 0 Å². The molecule has 15 heavy (non-hydrogen) atoms. The van der Waals surface area contributed by atoms with Crippen molar-refractivity contribution in [2.75, 3.05) is 7.11 Å². The third-order valence-electron chi connectivity index (χ3n) is 4.41. The summed E-state index contributed by atoms with van der Waals surface area (Å²) in [5, 5.41) is 3.92. The standard InChI is InChI=1S/C13H23NO/c1-15-12-7-6-11(8-12)14-13(9-2-3-9)10-4-5-10/h9-14H,2-8H2,1H3. The third kappa shape index (κ3) is 2.36. The molecule has 0 spiro atoms. The van der Waals surface area contributed by atoms with Crippen molar-refractivity contribution in [3.8, 4) is 0 Å². The lowest BCUT2D eigenvalue weighted by Crippen LogP contribution is -2.40. The maximum Gasteiger partial charge on any atom is 0.0586 e. The molecule has 86 valence electrons. The molecule has 0 heterocycles. The molecule has 0 aromatic carbocycles. The minimum Gasteiger partial charge on any atom is -0.381 e. The highest BCUT2D eigenvalue weighted by Gasteiger charge is 2.42. The molecule has 0 saturated heterocycles. The van der Waals surface area contributed by atoms with Crippen molar-refractivity contribution in [1.29, 1.82) is 0 Å². The summed E-state index contributed by atoms with van der Waals surface area (Å²) in [5.41, 5.74) is 0. The van der Waals surface area contributed by atoms with Crippen LogP contribution >= 0.6 is 0 Å². The van der Waals surface area contributed by atoms with Gasteiger partial charge in [0.15, 0.2) is 0 Å². The number of rotatable bonds is 5. The second kappa shape index (κ2) is 4.06. The van der Waals surface area contributed by atoms with Crippen molar-refractivity contribution < 1.29 is 4.74 Å². The zero-order valence-corrected chi connectivity index (χ0v) is 9.74. The highest BCUT2D eigenvalue weighted by Crippen LogP contribution is 2.45. The summed E-state index contributed by atoms with van der Waals surface area (Å²) < 4.78 is 5.44. The second-order valence-electron chi connectivity index (χ2n) is 5.73. The quantitative estimate of drug-likeness (QED) is 0.750. The van der Waals surface area contributed by atoms with Gasteiger partial charge in [0.1, 0.15) is 0 Å². The Morgan fingerprint density at radius 1 is 1.00 bits per heavy atom. The highest BCUT2D eigenvalue weighted by molar-refractivity contribution is 4.98. The van der Waals surface area contributed by atoms with Gasteiger partial charge in [0, 0.05) is 19.2 Å². The van der Waals surface area contributed by atoms with Gasteiger partial charge in [0.2, 0.25) is 0 Å². The first-order chi connectivity index (χ1) is 7.36. The van der Waals surface area contributed by atoms with Crippen LogP contribution in [0.15, 0.2) is 0 Å². The van der Waals surface area contributed by atoms with Gasteiger partial charge in [0.05, 0.1) is 6.10 Å². The average Bonchev–Trinajstić information content (AvgIpc) is 3.14. The fourth-order valence-electron chi connectivity index (χ4n) is 3.15. The Bertz CT molecular complexity index is 211. The maximum absolute atomic E-state index is 5.44. The van der Waals surface area contributed by atoms with Crippen LogP contribution in [0.2, 0.25) is 0 Å². The van der Waals surface area contributed by atoms with Gasteiger partial charge in [-0.2, -0.15) is 0 Å².